The van der Waals surface area contributed by atoms with E-state index >= 15 is 0 Å². The summed E-state index contributed by atoms with van der Waals surface area (Å²) >= 11 is 0. The molecule has 4 heteroatoms. The summed E-state index contributed by atoms with van der Waals surface area (Å²) in [6.45, 7) is 3.22. The maximum absolute atomic E-state index is 10.3. The third kappa shape index (κ3) is 16.5. The van der Waals surface area contributed by atoms with E-state index < -0.39 is 6.10 Å². The van der Waals surface area contributed by atoms with Crippen LogP contribution in [-0.2, 0) is 0 Å². The molecule has 98 valence electrons. The van der Waals surface area contributed by atoms with Crippen molar-refractivity contribution in [1.82, 2.24) is 0 Å². The van der Waals surface area contributed by atoms with Gasteiger partial charge in [-0.15, -0.1) is 17.6 Å². The maximum atomic E-state index is 10.3. The van der Waals surface area contributed by atoms with Gasteiger partial charge >= 0.3 is 17.4 Å². The van der Waals surface area contributed by atoms with Gasteiger partial charge in [0, 0.05) is 0 Å². The Labute approximate surface area is 125 Å². The minimum absolute atomic E-state index is 0. The van der Waals surface area contributed by atoms with E-state index in [2.05, 4.69) is 0 Å². The topological polar surface area (TPSA) is 69.2 Å². The predicted octanol–water partition coefficient (Wildman–Crippen LogP) is 0.895. The van der Waals surface area contributed by atoms with Crippen LogP contribution < -0.4 is 15.3 Å². The Hall–Kier alpha value is -1.47. The van der Waals surface area contributed by atoms with Gasteiger partial charge in [-0.1, -0.05) is 74.5 Å². The zero-order chi connectivity index (χ0) is 13.8. The van der Waals surface area contributed by atoms with E-state index in [1.165, 1.54) is 24.3 Å². The number of benzene rings is 2. The van der Waals surface area contributed by atoms with Crippen molar-refractivity contribution in [3.8, 4) is 11.5 Å². The second-order valence-electron chi connectivity index (χ2n) is 3.67. The third-order valence-electron chi connectivity index (χ3n) is 1.49. The molecule has 0 aliphatic carbocycles. The van der Waals surface area contributed by atoms with Crippen molar-refractivity contribution in [3.63, 3.8) is 0 Å². The summed E-state index contributed by atoms with van der Waals surface area (Å²) in [5.41, 5.74) is 0. The Morgan fingerprint density at radius 2 is 0.895 bits per heavy atom. The molecule has 0 saturated heterocycles. The van der Waals surface area contributed by atoms with Crippen molar-refractivity contribution in [2.75, 3.05) is 0 Å². The first kappa shape index (κ1) is 19.9. The number of hydrogen-bond acceptors (Lipinski definition) is 3. The second-order valence-corrected chi connectivity index (χ2v) is 3.67. The summed E-state index contributed by atoms with van der Waals surface area (Å²) in [5, 5.41) is 30.1. The maximum Gasteiger partial charge on any atom is 3.00 e. The van der Waals surface area contributed by atoms with E-state index in [1.807, 2.05) is 12.1 Å². The van der Waals surface area contributed by atoms with Gasteiger partial charge in [0.15, 0.2) is 0 Å². The van der Waals surface area contributed by atoms with E-state index in [0.717, 1.165) is 0 Å². The van der Waals surface area contributed by atoms with Crippen LogP contribution in [0.4, 0.5) is 0 Å². The molecule has 0 fully saturated rings. The Balaban J connectivity index is 0. The van der Waals surface area contributed by atoms with Gasteiger partial charge in [0.1, 0.15) is 0 Å². The Morgan fingerprint density at radius 3 is 1.00 bits per heavy atom. The molecule has 0 unspecified atom stereocenters. The number of para-hydroxylation sites is 2. The largest absolute Gasteiger partial charge is 3.00 e. The van der Waals surface area contributed by atoms with Gasteiger partial charge in [0.25, 0.3) is 0 Å². The van der Waals surface area contributed by atoms with Crippen molar-refractivity contribution in [1.29, 1.82) is 0 Å². The predicted molar refractivity (Wildman–Crippen MR) is 72.7 cm³/mol. The molecule has 0 saturated carbocycles. The summed E-state index contributed by atoms with van der Waals surface area (Å²) < 4.78 is 0. The van der Waals surface area contributed by atoms with Crippen LogP contribution >= 0.6 is 0 Å². The van der Waals surface area contributed by atoms with E-state index in [0.29, 0.717) is 0 Å². The smallest absolute Gasteiger partial charge is 0.872 e. The van der Waals surface area contributed by atoms with Crippen molar-refractivity contribution in [2.45, 2.75) is 20.0 Å². The van der Waals surface area contributed by atoms with Gasteiger partial charge in [0.05, 0.1) is 0 Å². The average Bonchev–Trinajstić information content (AvgIpc) is 2.31. The zero-order valence-corrected chi connectivity index (χ0v) is 12.3. The van der Waals surface area contributed by atoms with Gasteiger partial charge in [-0.3, -0.25) is 0 Å². The van der Waals surface area contributed by atoms with Gasteiger partial charge in [-0.05, 0) is 0 Å². The molecule has 0 aliphatic rings. The van der Waals surface area contributed by atoms with Crippen LogP contribution in [0, 0.1) is 0 Å². The van der Waals surface area contributed by atoms with Crippen LogP contribution in [0.3, 0.4) is 0 Å². The first-order chi connectivity index (χ1) is 8.52. The third-order valence-corrected chi connectivity index (χ3v) is 1.49. The molecule has 0 atom stereocenters. The van der Waals surface area contributed by atoms with Gasteiger partial charge in [0.2, 0.25) is 0 Å². The molecule has 2 rings (SSSR count). The molecule has 0 N–H and O–H groups in total. The molecule has 2 aromatic carbocycles. The molecule has 0 spiro atoms. The molecule has 0 aromatic heterocycles. The molecule has 0 heterocycles. The summed E-state index contributed by atoms with van der Waals surface area (Å²) in [5.74, 6) is 0.144. The standard InChI is InChI=1S/2C6H6O.C3H7O.Al/c2*7-6-4-2-1-3-5-6;1-3(2)4;/h2*1-5,7H;3H,1-2H3;/q;;-1;+3/p-2. The second kappa shape index (κ2) is 13.0. The van der Waals surface area contributed by atoms with E-state index in [-0.39, 0.29) is 28.9 Å². The van der Waals surface area contributed by atoms with Gasteiger partial charge in [-0.2, -0.15) is 0 Å². The van der Waals surface area contributed by atoms with E-state index in [1.54, 1.807) is 38.1 Å². The van der Waals surface area contributed by atoms with Crippen LogP contribution in [0.5, 0.6) is 11.5 Å². The molecule has 0 radical (unpaired) electrons. The first-order valence-corrected chi connectivity index (χ1v) is 5.62. The molecular weight excluding hydrogens is 255 g/mol. The SMILES string of the molecule is CC(C)[O-].[Al+3].[O-]c1ccccc1.[O-]c1ccccc1. The molecule has 0 aliphatic heterocycles. The fourth-order valence-corrected chi connectivity index (χ4v) is 0.841. The quantitative estimate of drug-likeness (QED) is 0.669. The van der Waals surface area contributed by atoms with Crippen LogP contribution in [0.2, 0.25) is 0 Å². The van der Waals surface area contributed by atoms with Gasteiger partial charge < -0.3 is 15.3 Å². The Morgan fingerprint density at radius 1 is 0.684 bits per heavy atom. The summed E-state index contributed by atoms with van der Waals surface area (Å²) in [6, 6.07) is 16.7. The minimum atomic E-state index is -0.417. The van der Waals surface area contributed by atoms with Gasteiger partial charge in [-0.25, -0.2) is 0 Å². The van der Waals surface area contributed by atoms with Crippen molar-refractivity contribution < 1.29 is 15.3 Å². The molecule has 0 bridgehead atoms. The van der Waals surface area contributed by atoms with Crippen molar-refractivity contribution >= 4 is 17.4 Å². The average molecular weight is 272 g/mol. The van der Waals surface area contributed by atoms with E-state index in [4.69, 9.17) is 0 Å². The Kier molecular flexibility index (Phi) is 13.6. The fraction of sp³-hybridized carbons (Fsp3) is 0.200. The zero-order valence-electron chi connectivity index (χ0n) is 11.2. The van der Waals surface area contributed by atoms with Crippen LogP contribution in [-0.4, -0.2) is 23.5 Å². The molecule has 3 nitrogen and oxygen atoms in total. The summed E-state index contributed by atoms with van der Waals surface area (Å²) in [4.78, 5) is 0. The molecular formula is C15H17AlO3. The summed E-state index contributed by atoms with van der Waals surface area (Å²) in [7, 11) is 0. The van der Waals surface area contributed by atoms with Crippen molar-refractivity contribution in [2.24, 2.45) is 0 Å². The normalized spacial score (nSPS) is 8.21. The van der Waals surface area contributed by atoms with Crippen LogP contribution in [0.25, 0.3) is 0 Å². The van der Waals surface area contributed by atoms with Crippen molar-refractivity contribution in [3.05, 3.63) is 60.7 Å². The number of hydrogen-bond donors (Lipinski definition) is 0. The first-order valence-electron chi connectivity index (χ1n) is 5.62. The summed E-state index contributed by atoms with van der Waals surface area (Å²) in [6.07, 6.45) is -0.417. The molecule has 0 amide bonds. The Bertz CT molecular complexity index is 350. The molecule has 2 aromatic rings. The molecule has 19 heavy (non-hydrogen) atoms. The van der Waals surface area contributed by atoms with Crippen LogP contribution in [0.15, 0.2) is 60.7 Å². The van der Waals surface area contributed by atoms with Crippen LogP contribution in [0.1, 0.15) is 13.8 Å². The monoisotopic (exact) mass is 272 g/mol. The van der Waals surface area contributed by atoms with E-state index in [9.17, 15) is 15.3 Å². The number of rotatable bonds is 0. The minimum Gasteiger partial charge on any atom is -0.872 e. The fourth-order valence-electron chi connectivity index (χ4n) is 0.841.